The highest BCUT2D eigenvalue weighted by molar-refractivity contribution is 5.89. The maximum atomic E-state index is 5.46. The Hall–Kier alpha value is -1.65. The van der Waals surface area contributed by atoms with Crippen LogP contribution in [-0.4, -0.2) is 22.4 Å². The molecule has 67 valence electrons. The third kappa shape index (κ3) is 1.44. The average Bonchev–Trinajstić information content (AvgIpc) is 2.51. The third-order valence-corrected chi connectivity index (χ3v) is 1.54. The molecule has 0 saturated carbocycles. The number of ether oxygens (including phenoxy) is 1. The van der Waals surface area contributed by atoms with Crippen LogP contribution >= 0.6 is 0 Å². The van der Waals surface area contributed by atoms with Crippen LogP contribution in [0.1, 0.15) is 13.8 Å². The molecule has 5 nitrogen and oxygen atoms in total. The average molecular weight is 178 g/mol. The standard InChI is InChI=1S/C8H10N4O/c1-5(2)13-8-6-7(10-3-9-6)11-4-12-8/h3-5,9H,1-2H3/q+1. The number of hydrogen-bond donors (Lipinski definition) is 1. The van der Waals surface area contributed by atoms with E-state index >= 15 is 0 Å². The van der Waals surface area contributed by atoms with E-state index in [1.54, 1.807) is 6.34 Å². The van der Waals surface area contributed by atoms with Crippen LogP contribution in [-0.2, 0) is 0 Å². The second-order valence-electron chi connectivity index (χ2n) is 2.95. The maximum Gasteiger partial charge on any atom is 0.343 e. The Kier molecular flexibility index (Phi) is 1.84. The number of aliphatic imine (C=N–C) groups is 1. The van der Waals surface area contributed by atoms with Gasteiger partial charge in [-0.25, -0.2) is 0 Å². The molecule has 0 aromatic carbocycles. The van der Waals surface area contributed by atoms with Gasteiger partial charge in [-0.1, -0.05) is 9.98 Å². The molecule has 5 heteroatoms. The number of nitrogens with one attached hydrogen (secondary N) is 1. The van der Waals surface area contributed by atoms with Gasteiger partial charge in [0.1, 0.15) is 0 Å². The van der Waals surface area contributed by atoms with Gasteiger partial charge in [0.25, 0.3) is 5.88 Å². The van der Waals surface area contributed by atoms with E-state index in [1.807, 2.05) is 13.8 Å². The van der Waals surface area contributed by atoms with Crippen molar-refractivity contribution in [1.29, 1.82) is 0 Å². The van der Waals surface area contributed by atoms with E-state index in [1.165, 1.54) is 6.33 Å². The predicted molar refractivity (Wildman–Crippen MR) is 49.3 cm³/mol. The fourth-order valence-electron chi connectivity index (χ4n) is 1.06. The number of rotatable bonds is 2. The summed E-state index contributed by atoms with van der Waals surface area (Å²) in [7, 11) is 0. The third-order valence-electron chi connectivity index (χ3n) is 1.54. The van der Waals surface area contributed by atoms with Crippen molar-refractivity contribution in [3.8, 4) is 5.88 Å². The van der Waals surface area contributed by atoms with Gasteiger partial charge in [-0.2, -0.15) is 4.98 Å². The number of hydrogen-bond acceptors (Lipinski definition) is 5. The zero-order valence-corrected chi connectivity index (χ0v) is 7.48. The number of fused-ring (bicyclic) bond motifs is 1. The minimum absolute atomic E-state index is 0.0985. The lowest BCUT2D eigenvalue weighted by atomic mass is 10.4. The molecule has 0 saturated heterocycles. The van der Waals surface area contributed by atoms with Crippen LogP contribution in [0.3, 0.4) is 0 Å². The molecule has 1 aliphatic rings. The van der Waals surface area contributed by atoms with E-state index in [-0.39, 0.29) is 6.10 Å². The quantitative estimate of drug-likeness (QED) is 0.723. The molecule has 1 aliphatic heterocycles. The lowest BCUT2D eigenvalue weighted by Crippen LogP contribution is -2.08. The molecule has 13 heavy (non-hydrogen) atoms. The van der Waals surface area contributed by atoms with Crippen molar-refractivity contribution in [2.24, 2.45) is 0 Å². The van der Waals surface area contributed by atoms with Crippen molar-refractivity contribution in [2.75, 3.05) is 5.32 Å². The molecular weight excluding hydrogens is 168 g/mol. The second-order valence-corrected chi connectivity index (χ2v) is 2.95. The molecule has 0 spiro atoms. The van der Waals surface area contributed by atoms with Crippen LogP contribution in [0.2, 0.25) is 0 Å². The molecule has 2 heterocycles. The summed E-state index contributed by atoms with van der Waals surface area (Å²) in [5.74, 6) is 1.18. The van der Waals surface area contributed by atoms with E-state index in [4.69, 9.17) is 4.74 Å². The summed E-state index contributed by atoms with van der Waals surface area (Å²) in [5.41, 5.74) is 0.746. The zero-order chi connectivity index (χ0) is 9.26. The van der Waals surface area contributed by atoms with Crippen LogP contribution in [0.15, 0.2) is 6.33 Å². The summed E-state index contributed by atoms with van der Waals surface area (Å²) in [5, 5.41) is 2.93. The number of anilines is 1. The molecule has 0 amide bonds. The van der Waals surface area contributed by atoms with Gasteiger partial charge in [-0.3, -0.25) is 5.32 Å². The van der Waals surface area contributed by atoms with Crippen LogP contribution in [0, 0.1) is 0 Å². The van der Waals surface area contributed by atoms with E-state index in [0.717, 1.165) is 5.69 Å². The summed E-state index contributed by atoms with van der Waals surface area (Å²) in [6.07, 6.45) is 3.12. The Morgan fingerprint density at radius 1 is 1.46 bits per heavy atom. The van der Waals surface area contributed by atoms with Crippen molar-refractivity contribution in [1.82, 2.24) is 15.0 Å². The first-order valence-corrected chi connectivity index (χ1v) is 4.08. The van der Waals surface area contributed by atoms with Crippen molar-refractivity contribution < 1.29 is 4.74 Å². The molecule has 0 fully saturated rings. The molecule has 0 bridgehead atoms. The second kappa shape index (κ2) is 3.01. The highest BCUT2D eigenvalue weighted by Crippen LogP contribution is 2.29. The molecule has 0 aliphatic carbocycles. The first-order chi connectivity index (χ1) is 6.27. The van der Waals surface area contributed by atoms with Crippen LogP contribution in [0.5, 0.6) is 5.88 Å². The molecule has 1 radical (unpaired) electrons. The highest BCUT2D eigenvalue weighted by Gasteiger charge is 2.23. The lowest BCUT2D eigenvalue weighted by Gasteiger charge is -2.07. The van der Waals surface area contributed by atoms with Crippen molar-refractivity contribution in [2.45, 2.75) is 20.0 Å². The molecule has 2 rings (SSSR count). The van der Waals surface area contributed by atoms with Gasteiger partial charge in [0.2, 0.25) is 12.0 Å². The summed E-state index contributed by atoms with van der Waals surface area (Å²) in [4.78, 5) is 12.0. The van der Waals surface area contributed by atoms with E-state index in [9.17, 15) is 0 Å². The summed E-state index contributed by atoms with van der Waals surface area (Å²) in [6.45, 7) is 3.90. The first-order valence-electron chi connectivity index (χ1n) is 4.08. The molecule has 0 unspecified atom stereocenters. The Balaban J connectivity index is 2.33. The van der Waals surface area contributed by atoms with Crippen LogP contribution in [0.4, 0.5) is 11.5 Å². The van der Waals surface area contributed by atoms with Crippen molar-refractivity contribution >= 4 is 17.8 Å². The Bertz CT molecular complexity index is 348. The first kappa shape index (κ1) is 7.97. The van der Waals surface area contributed by atoms with Crippen molar-refractivity contribution in [3.63, 3.8) is 0 Å². The fourth-order valence-corrected chi connectivity index (χ4v) is 1.06. The Morgan fingerprint density at radius 2 is 2.31 bits per heavy atom. The predicted octanol–water partition coefficient (Wildman–Crippen LogP) is 0.685. The minimum Gasteiger partial charge on any atom is -0.472 e. The van der Waals surface area contributed by atoms with Crippen LogP contribution in [0.25, 0.3) is 0 Å². The summed E-state index contributed by atoms with van der Waals surface area (Å²) >= 11 is 0. The maximum absolute atomic E-state index is 5.46. The molecular formula is C8H10N4O+. The van der Waals surface area contributed by atoms with Crippen molar-refractivity contribution in [3.05, 3.63) is 6.33 Å². The smallest absolute Gasteiger partial charge is 0.343 e. The molecule has 1 N–H and O–H groups in total. The highest BCUT2D eigenvalue weighted by atomic mass is 16.5. The number of aromatic nitrogens is 2. The minimum atomic E-state index is 0.0985. The molecule has 1 aromatic rings. The molecule has 1 aromatic heterocycles. The van der Waals surface area contributed by atoms with E-state index in [0.29, 0.717) is 11.7 Å². The Morgan fingerprint density at radius 3 is 3.08 bits per heavy atom. The van der Waals surface area contributed by atoms with Gasteiger partial charge in [0.15, 0.2) is 6.33 Å². The van der Waals surface area contributed by atoms with E-state index < -0.39 is 0 Å². The Labute approximate surface area is 75.9 Å². The number of nitrogens with zero attached hydrogens (tertiary/aromatic N) is 3. The normalized spacial score (nSPS) is 12.8. The monoisotopic (exact) mass is 178 g/mol. The van der Waals surface area contributed by atoms with Crippen LogP contribution < -0.4 is 15.0 Å². The SMILES string of the molecule is CC(C)Oc1ncnc2c1NC=[N+]2. The summed E-state index contributed by atoms with van der Waals surface area (Å²) in [6, 6.07) is 0. The molecule has 0 atom stereocenters. The van der Waals surface area contributed by atoms with Gasteiger partial charge < -0.3 is 4.74 Å². The van der Waals surface area contributed by atoms with Gasteiger partial charge in [-0.15, -0.1) is 0 Å². The van der Waals surface area contributed by atoms with Gasteiger partial charge in [-0.05, 0) is 13.8 Å². The van der Waals surface area contributed by atoms with Gasteiger partial charge in [0, 0.05) is 0 Å². The lowest BCUT2D eigenvalue weighted by molar-refractivity contribution is 0.234. The largest absolute Gasteiger partial charge is 0.472 e. The fraction of sp³-hybridized carbons (Fsp3) is 0.375. The van der Waals surface area contributed by atoms with E-state index in [2.05, 4.69) is 20.3 Å². The summed E-state index contributed by atoms with van der Waals surface area (Å²) < 4.78 is 5.46. The zero-order valence-electron chi connectivity index (χ0n) is 7.48. The van der Waals surface area contributed by atoms with Gasteiger partial charge in [0.05, 0.1) is 6.10 Å². The van der Waals surface area contributed by atoms with Gasteiger partial charge >= 0.3 is 5.82 Å². The topological polar surface area (TPSA) is 61.1 Å².